The number of carbonyl (C=O) groups excluding carboxylic acids is 1. The first-order valence-corrected chi connectivity index (χ1v) is 7.36. The van der Waals surface area contributed by atoms with Crippen molar-refractivity contribution in [3.63, 3.8) is 0 Å². The number of aliphatic hydroxyl groups is 1. The standard InChI is InChI=1S/C14H26N2O4/c1-3-10(8-13(18)19)9-15-14(20)16(2)11-6-4-5-7-12(11)17/h10-12,17H,3-9H2,1-2H3,(H,15,20)(H,18,19). The minimum absolute atomic E-state index is 0.0545. The molecule has 1 rings (SSSR count). The van der Waals surface area contributed by atoms with Crippen LogP contribution in [0.25, 0.3) is 0 Å². The Morgan fingerprint density at radius 3 is 2.55 bits per heavy atom. The van der Waals surface area contributed by atoms with E-state index in [2.05, 4.69) is 5.32 Å². The Morgan fingerprint density at radius 2 is 2.00 bits per heavy atom. The van der Waals surface area contributed by atoms with Crippen LogP contribution in [0.1, 0.15) is 45.4 Å². The molecular weight excluding hydrogens is 260 g/mol. The molecule has 0 bridgehead atoms. The Bertz CT molecular complexity index is 335. The van der Waals surface area contributed by atoms with Gasteiger partial charge in [-0.2, -0.15) is 0 Å². The first kappa shape index (κ1) is 16.8. The molecule has 116 valence electrons. The molecular formula is C14H26N2O4. The number of urea groups is 1. The third-order valence-corrected chi connectivity index (χ3v) is 4.09. The zero-order chi connectivity index (χ0) is 15.1. The quantitative estimate of drug-likeness (QED) is 0.689. The number of aliphatic hydroxyl groups excluding tert-OH is 1. The van der Waals surface area contributed by atoms with Crippen molar-refractivity contribution in [2.24, 2.45) is 5.92 Å². The number of carboxylic acids is 1. The molecule has 0 spiro atoms. The average Bonchev–Trinajstić information content (AvgIpc) is 2.42. The molecule has 0 aromatic rings. The Kier molecular flexibility index (Phi) is 6.78. The van der Waals surface area contributed by atoms with Gasteiger partial charge in [-0.25, -0.2) is 4.79 Å². The van der Waals surface area contributed by atoms with Crippen molar-refractivity contribution in [2.45, 2.75) is 57.6 Å². The lowest BCUT2D eigenvalue weighted by Gasteiger charge is -2.35. The maximum Gasteiger partial charge on any atom is 0.317 e. The van der Waals surface area contributed by atoms with E-state index in [1.807, 2.05) is 6.92 Å². The molecule has 20 heavy (non-hydrogen) atoms. The van der Waals surface area contributed by atoms with Crippen molar-refractivity contribution >= 4 is 12.0 Å². The van der Waals surface area contributed by atoms with Gasteiger partial charge < -0.3 is 20.4 Å². The van der Waals surface area contributed by atoms with E-state index >= 15 is 0 Å². The number of carboxylic acid groups (broad SMARTS) is 1. The molecule has 1 aliphatic rings. The number of aliphatic carboxylic acids is 1. The minimum atomic E-state index is -0.845. The Balaban J connectivity index is 2.42. The summed E-state index contributed by atoms with van der Waals surface area (Å²) in [6.45, 7) is 2.27. The highest BCUT2D eigenvalue weighted by Gasteiger charge is 2.29. The Morgan fingerprint density at radius 1 is 1.35 bits per heavy atom. The Labute approximate surface area is 120 Å². The summed E-state index contributed by atoms with van der Waals surface area (Å²) in [5.74, 6) is -0.900. The lowest BCUT2D eigenvalue weighted by atomic mass is 9.92. The monoisotopic (exact) mass is 286 g/mol. The summed E-state index contributed by atoms with van der Waals surface area (Å²) in [7, 11) is 1.69. The lowest BCUT2D eigenvalue weighted by molar-refractivity contribution is -0.138. The smallest absolute Gasteiger partial charge is 0.317 e. The molecule has 1 saturated carbocycles. The molecule has 3 N–H and O–H groups in total. The predicted molar refractivity (Wildman–Crippen MR) is 75.5 cm³/mol. The van der Waals surface area contributed by atoms with Gasteiger partial charge in [0.15, 0.2) is 0 Å². The van der Waals surface area contributed by atoms with E-state index < -0.39 is 12.1 Å². The fourth-order valence-electron chi connectivity index (χ4n) is 2.66. The van der Waals surface area contributed by atoms with E-state index in [0.29, 0.717) is 13.0 Å². The van der Waals surface area contributed by atoms with Crippen LogP contribution in [-0.4, -0.2) is 52.9 Å². The summed E-state index contributed by atoms with van der Waals surface area (Å²) in [4.78, 5) is 24.3. The number of nitrogens with one attached hydrogen (secondary N) is 1. The number of carbonyl (C=O) groups is 2. The van der Waals surface area contributed by atoms with E-state index in [4.69, 9.17) is 5.11 Å². The van der Waals surface area contributed by atoms with Gasteiger partial charge in [0, 0.05) is 20.0 Å². The van der Waals surface area contributed by atoms with Crippen LogP contribution in [0.2, 0.25) is 0 Å². The molecule has 6 heteroatoms. The third kappa shape index (κ3) is 5.00. The molecule has 0 saturated heterocycles. The molecule has 0 heterocycles. The second kappa shape index (κ2) is 8.09. The van der Waals surface area contributed by atoms with Crippen LogP contribution in [-0.2, 0) is 4.79 Å². The molecule has 6 nitrogen and oxygen atoms in total. The summed E-state index contributed by atoms with van der Waals surface area (Å²) in [6, 6.07) is -0.372. The third-order valence-electron chi connectivity index (χ3n) is 4.09. The zero-order valence-corrected chi connectivity index (χ0v) is 12.3. The van der Waals surface area contributed by atoms with Crippen LogP contribution in [0.15, 0.2) is 0 Å². The number of rotatable bonds is 6. The number of likely N-dealkylation sites (N-methyl/N-ethyl adjacent to an activating group) is 1. The highest BCUT2D eigenvalue weighted by molar-refractivity contribution is 5.74. The molecule has 0 aromatic carbocycles. The molecule has 1 fully saturated rings. The average molecular weight is 286 g/mol. The van der Waals surface area contributed by atoms with Crippen molar-refractivity contribution in [3.05, 3.63) is 0 Å². The van der Waals surface area contributed by atoms with Crippen LogP contribution in [0.3, 0.4) is 0 Å². The highest BCUT2D eigenvalue weighted by Crippen LogP contribution is 2.22. The number of amides is 2. The molecule has 0 aromatic heterocycles. The van der Waals surface area contributed by atoms with Crippen molar-refractivity contribution in [2.75, 3.05) is 13.6 Å². The van der Waals surface area contributed by atoms with E-state index in [1.165, 1.54) is 0 Å². The van der Waals surface area contributed by atoms with E-state index in [9.17, 15) is 14.7 Å². The maximum absolute atomic E-state index is 12.1. The van der Waals surface area contributed by atoms with Crippen LogP contribution in [0.4, 0.5) is 4.79 Å². The van der Waals surface area contributed by atoms with Crippen molar-refractivity contribution < 1.29 is 19.8 Å². The van der Waals surface area contributed by atoms with Crippen molar-refractivity contribution in [3.8, 4) is 0 Å². The van der Waals surface area contributed by atoms with Crippen LogP contribution >= 0.6 is 0 Å². The van der Waals surface area contributed by atoms with Crippen LogP contribution in [0.5, 0.6) is 0 Å². The van der Waals surface area contributed by atoms with Crippen LogP contribution < -0.4 is 5.32 Å². The first-order chi connectivity index (χ1) is 9.45. The fraction of sp³-hybridized carbons (Fsp3) is 0.857. The van der Waals surface area contributed by atoms with Gasteiger partial charge in [-0.1, -0.05) is 26.2 Å². The van der Waals surface area contributed by atoms with Gasteiger partial charge >= 0.3 is 12.0 Å². The Hall–Kier alpha value is -1.30. The number of hydrogen-bond acceptors (Lipinski definition) is 3. The zero-order valence-electron chi connectivity index (χ0n) is 12.3. The van der Waals surface area contributed by atoms with Crippen molar-refractivity contribution in [1.82, 2.24) is 10.2 Å². The fourth-order valence-corrected chi connectivity index (χ4v) is 2.66. The molecule has 1 aliphatic carbocycles. The predicted octanol–water partition coefficient (Wildman–Crippen LogP) is 1.43. The second-order valence-electron chi connectivity index (χ2n) is 5.59. The normalized spacial score (nSPS) is 23.9. The number of hydrogen-bond donors (Lipinski definition) is 3. The largest absolute Gasteiger partial charge is 0.481 e. The molecule has 3 atom stereocenters. The summed E-state index contributed by atoms with van der Waals surface area (Å²) in [5, 5.41) is 21.5. The second-order valence-corrected chi connectivity index (χ2v) is 5.59. The van der Waals surface area contributed by atoms with Gasteiger partial charge in [0.2, 0.25) is 0 Å². The van der Waals surface area contributed by atoms with Gasteiger partial charge in [-0.3, -0.25) is 4.79 Å². The van der Waals surface area contributed by atoms with E-state index in [1.54, 1.807) is 11.9 Å². The summed E-state index contributed by atoms with van der Waals surface area (Å²) in [5.41, 5.74) is 0. The molecule has 3 unspecified atom stereocenters. The molecule has 0 aliphatic heterocycles. The number of nitrogens with zero attached hydrogens (tertiary/aromatic N) is 1. The SMILES string of the molecule is CCC(CNC(=O)N(C)C1CCCCC1O)CC(=O)O. The lowest BCUT2D eigenvalue weighted by Crippen LogP contribution is -2.50. The van der Waals surface area contributed by atoms with Crippen LogP contribution in [0, 0.1) is 5.92 Å². The van der Waals surface area contributed by atoms with E-state index in [0.717, 1.165) is 25.7 Å². The topological polar surface area (TPSA) is 89.9 Å². The van der Waals surface area contributed by atoms with Gasteiger partial charge in [0.05, 0.1) is 12.1 Å². The summed E-state index contributed by atoms with van der Waals surface area (Å²) >= 11 is 0. The minimum Gasteiger partial charge on any atom is -0.481 e. The van der Waals surface area contributed by atoms with Gasteiger partial charge in [0.25, 0.3) is 0 Å². The van der Waals surface area contributed by atoms with Gasteiger partial charge in [0.1, 0.15) is 0 Å². The summed E-state index contributed by atoms with van der Waals surface area (Å²) < 4.78 is 0. The molecule has 0 radical (unpaired) electrons. The van der Waals surface area contributed by atoms with Gasteiger partial charge in [-0.15, -0.1) is 0 Å². The summed E-state index contributed by atoms with van der Waals surface area (Å²) in [6.07, 6.45) is 3.89. The maximum atomic E-state index is 12.1. The van der Waals surface area contributed by atoms with E-state index in [-0.39, 0.29) is 24.4 Å². The van der Waals surface area contributed by atoms with Crippen molar-refractivity contribution in [1.29, 1.82) is 0 Å². The first-order valence-electron chi connectivity index (χ1n) is 7.36. The molecule has 2 amide bonds. The van der Waals surface area contributed by atoms with Gasteiger partial charge in [-0.05, 0) is 18.8 Å². The highest BCUT2D eigenvalue weighted by atomic mass is 16.4.